The van der Waals surface area contributed by atoms with E-state index in [1.807, 2.05) is 12.1 Å². The van der Waals surface area contributed by atoms with Gasteiger partial charge in [-0.2, -0.15) is 0 Å². The lowest BCUT2D eigenvalue weighted by molar-refractivity contribution is 0.251. The van der Waals surface area contributed by atoms with Crippen LogP contribution in [-0.4, -0.2) is 16.3 Å². The van der Waals surface area contributed by atoms with Crippen molar-refractivity contribution in [3.63, 3.8) is 0 Å². The number of fused-ring (bicyclic) bond motifs is 1. The fraction of sp³-hybridized carbons (Fsp3) is 0.100. The van der Waals surface area contributed by atoms with Gasteiger partial charge in [0.15, 0.2) is 0 Å². The number of hydrogen-bond donors (Lipinski definition) is 2. The van der Waals surface area contributed by atoms with E-state index in [1.165, 1.54) is 0 Å². The molecule has 0 radical (unpaired) electrons. The van der Waals surface area contributed by atoms with Crippen molar-refractivity contribution in [3.05, 3.63) is 36.0 Å². The first-order valence-electron chi connectivity index (χ1n) is 4.05. The Morgan fingerprint density at radius 1 is 1.62 bits per heavy atom. The second kappa shape index (κ2) is 3.03. The molecule has 2 heterocycles. The number of aliphatic hydroxyl groups is 1. The molecule has 2 N–H and O–H groups in total. The lowest BCUT2D eigenvalue weighted by atomic mass is 10.1. The highest BCUT2D eigenvalue weighted by molar-refractivity contribution is 5.69. The fourth-order valence-corrected chi connectivity index (χ4v) is 1.24. The van der Waals surface area contributed by atoms with E-state index in [1.54, 1.807) is 18.3 Å². The van der Waals surface area contributed by atoms with Gasteiger partial charge in [0.05, 0.1) is 0 Å². The van der Waals surface area contributed by atoms with Gasteiger partial charge in [-0.3, -0.25) is 0 Å². The Kier molecular flexibility index (Phi) is 1.87. The number of anilines is 1. The van der Waals surface area contributed by atoms with Gasteiger partial charge in [-0.15, -0.1) is 0 Å². The Morgan fingerprint density at radius 3 is 3.23 bits per heavy atom. The average Bonchev–Trinajstić information content (AvgIpc) is 2.17. The molecule has 1 unspecified atom stereocenters. The van der Waals surface area contributed by atoms with Gasteiger partial charge in [0, 0.05) is 11.8 Å². The average molecular weight is 174 g/mol. The molecule has 66 valence electrons. The first kappa shape index (κ1) is 8.01. The summed E-state index contributed by atoms with van der Waals surface area (Å²) in [6.07, 6.45) is 6.35. The van der Waals surface area contributed by atoms with Gasteiger partial charge in [0.2, 0.25) is 0 Å². The van der Waals surface area contributed by atoms with Crippen molar-refractivity contribution in [3.8, 4) is 0 Å². The maximum atomic E-state index is 9.22. The van der Waals surface area contributed by atoms with Gasteiger partial charge in [-0.1, -0.05) is 18.7 Å². The summed E-state index contributed by atoms with van der Waals surface area (Å²) in [5, 5.41) is 12.1. The smallest absolute Gasteiger partial charge is 0.145 e. The zero-order valence-corrected chi connectivity index (χ0v) is 7.07. The molecule has 1 aliphatic rings. The highest BCUT2D eigenvalue weighted by atomic mass is 16.3. The first-order valence-corrected chi connectivity index (χ1v) is 4.05. The predicted molar refractivity (Wildman–Crippen MR) is 53.0 cm³/mol. The van der Waals surface area contributed by atoms with Crippen LogP contribution < -0.4 is 5.32 Å². The normalized spacial score (nSPS) is 19.0. The molecule has 0 saturated carbocycles. The highest BCUT2D eigenvalue weighted by Gasteiger charge is 2.10. The van der Waals surface area contributed by atoms with Crippen LogP contribution in [0.2, 0.25) is 0 Å². The summed E-state index contributed by atoms with van der Waals surface area (Å²) in [5.41, 5.74) is 1.95. The predicted octanol–water partition coefficient (Wildman–Crippen LogP) is 1.48. The zero-order valence-electron chi connectivity index (χ0n) is 7.07. The Labute approximate surface area is 76.4 Å². The Balaban J connectivity index is 2.45. The lowest BCUT2D eigenvalue weighted by Crippen LogP contribution is -2.19. The van der Waals surface area contributed by atoms with E-state index < -0.39 is 6.23 Å². The molecule has 2 rings (SSSR count). The first-order chi connectivity index (χ1) is 6.29. The fourth-order valence-electron chi connectivity index (χ4n) is 1.24. The van der Waals surface area contributed by atoms with Crippen molar-refractivity contribution in [2.24, 2.45) is 0 Å². The molecule has 1 aromatic heterocycles. The second-order valence-electron chi connectivity index (χ2n) is 2.86. The molecule has 0 bridgehead atoms. The maximum absolute atomic E-state index is 9.22. The topological polar surface area (TPSA) is 45.2 Å². The van der Waals surface area contributed by atoms with Crippen LogP contribution in [0.3, 0.4) is 0 Å². The molecule has 3 nitrogen and oxygen atoms in total. The van der Waals surface area contributed by atoms with Gasteiger partial charge >= 0.3 is 0 Å². The minimum atomic E-state index is -0.630. The van der Waals surface area contributed by atoms with Gasteiger partial charge in [-0.25, -0.2) is 4.98 Å². The van der Waals surface area contributed by atoms with E-state index in [2.05, 4.69) is 16.9 Å². The monoisotopic (exact) mass is 174 g/mol. The van der Waals surface area contributed by atoms with E-state index >= 15 is 0 Å². The second-order valence-corrected chi connectivity index (χ2v) is 2.86. The molecule has 0 amide bonds. The van der Waals surface area contributed by atoms with Crippen molar-refractivity contribution >= 4 is 18.0 Å². The van der Waals surface area contributed by atoms with E-state index in [0.717, 1.165) is 11.1 Å². The summed E-state index contributed by atoms with van der Waals surface area (Å²) in [5.74, 6) is 0.709. The van der Waals surface area contributed by atoms with Crippen LogP contribution in [0.1, 0.15) is 11.1 Å². The van der Waals surface area contributed by atoms with Crippen molar-refractivity contribution < 1.29 is 5.11 Å². The third-order valence-electron chi connectivity index (χ3n) is 1.92. The van der Waals surface area contributed by atoms with Gasteiger partial charge < -0.3 is 10.4 Å². The summed E-state index contributed by atoms with van der Waals surface area (Å²) < 4.78 is 0. The maximum Gasteiger partial charge on any atom is 0.145 e. The van der Waals surface area contributed by atoms with Crippen molar-refractivity contribution in [2.75, 3.05) is 5.32 Å². The van der Waals surface area contributed by atoms with Gasteiger partial charge in [0.25, 0.3) is 0 Å². The summed E-state index contributed by atoms with van der Waals surface area (Å²) in [7, 11) is 0. The van der Waals surface area contributed by atoms with E-state index in [4.69, 9.17) is 0 Å². The van der Waals surface area contributed by atoms with Crippen molar-refractivity contribution in [2.45, 2.75) is 6.23 Å². The summed E-state index contributed by atoms with van der Waals surface area (Å²) >= 11 is 0. The SMILES string of the molecule is C=Cc1cnc2c(c1)C=CC(O)N2. The number of nitrogens with zero attached hydrogens (tertiary/aromatic N) is 1. The standard InChI is InChI=1S/C10H10N2O/c1-2-7-5-8-3-4-9(13)12-10(8)11-6-7/h2-6,9,13H,1H2,(H,11,12). The molecule has 0 aliphatic carbocycles. The Bertz CT molecular complexity index is 371. The molecule has 0 saturated heterocycles. The van der Waals surface area contributed by atoms with Crippen LogP contribution >= 0.6 is 0 Å². The molecule has 13 heavy (non-hydrogen) atoms. The largest absolute Gasteiger partial charge is 0.370 e. The zero-order chi connectivity index (χ0) is 9.26. The molecule has 0 aromatic carbocycles. The third kappa shape index (κ3) is 1.46. The van der Waals surface area contributed by atoms with Crippen LogP contribution in [0.4, 0.5) is 5.82 Å². The van der Waals surface area contributed by atoms with E-state index in [-0.39, 0.29) is 0 Å². The van der Waals surface area contributed by atoms with Gasteiger partial charge in [0.1, 0.15) is 12.0 Å². The molecular weight excluding hydrogens is 164 g/mol. The number of pyridine rings is 1. The van der Waals surface area contributed by atoms with Gasteiger partial charge in [-0.05, 0) is 17.7 Å². The minimum Gasteiger partial charge on any atom is -0.370 e. The number of hydrogen-bond acceptors (Lipinski definition) is 3. The van der Waals surface area contributed by atoms with Crippen LogP contribution in [0.5, 0.6) is 0 Å². The van der Waals surface area contributed by atoms with E-state index in [9.17, 15) is 5.11 Å². The number of aromatic nitrogens is 1. The summed E-state index contributed by atoms with van der Waals surface area (Å²) in [6, 6.07) is 1.96. The van der Waals surface area contributed by atoms with Crippen LogP contribution in [0, 0.1) is 0 Å². The molecule has 1 atom stereocenters. The molecule has 3 heteroatoms. The number of nitrogens with one attached hydrogen (secondary N) is 1. The van der Waals surface area contributed by atoms with Crippen LogP contribution in [0.15, 0.2) is 24.9 Å². The van der Waals surface area contributed by atoms with Crippen LogP contribution in [-0.2, 0) is 0 Å². The molecule has 1 aliphatic heterocycles. The third-order valence-corrected chi connectivity index (χ3v) is 1.92. The lowest BCUT2D eigenvalue weighted by Gasteiger charge is -2.16. The Hall–Kier alpha value is -1.61. The Morgan fingerprint density at radius 2 is 2.46 bits per heavy atom. The number of rotatable bonds is 1. The molecule has 0 spiro atoms. The quantitative estimate of drug-likeness (QED) is 0.677. The summed E-state index contributed by atoms with van der Waals surface area (Å²) in [6.45, 7) is 3.66. The summed E-state index contributed by atoms with van der Waals surface area (Å²) in [4.78, 5) is 4.15. The molecule has 1 aromatic rings. The van der Waals surface area contributed by atoms with E-state index in [0.29, 0.717) is 5.82 Å². The van der Waals surface area contributed by atoms with Crippen molar-refractivity contribution in [1.29, 1.82) is 0 Å². The molecule has 0 fully saturated rings. The number of aliphatic hydroxyl groups excluding tert-OH is 1. The van der Waals surface area contributed by atoms with Crippen molar-refractivity contribution in [1.82, 2.24) is 4.98 Å². The molecular formula is C10H10N2O. The minimum absolute atomic E-state index is 0.630. The van der Waals surface area contributed by atoms with Crippen LogP contribution in [0.25, 0.3) is 12.2 Å². The highest BCUT2D eigenvalue weighted by Crippen LogP contribution is 2.20.